The minimum atomic E-state index is -0.887. The van der Waals surface area contributed by atoms with E-state index in [0.29, 0.717) is 3.57 Å². The quantitative estimate of drug-likeness (QED) is 0.648. The fourth-order valence-corrected chi connectivity index (χ4v) is 2.18. The molecule has 0 aliphatic heterocycles. The number of benzene rings is 1. The molecular weight excluding hydrogens is 359 g/mol. The molecule has 0 radical (unpaired) electrons. The van der Waals surface area contributed by atoms with E-state index in [9.17, 15) is 9.18 Å². The minimum absolute atomic E-state index is 0.0373. The molecule has 0 aliphatic carbocycles. The van der Waals surface area contributed by atoms with Crippen molar-refractivity contribution in [2.24, 2.45) is 0 Å². The van der Waals surface area contributed by atoms with E-state index in [1.807, 2.05) is 22.6 Å². The van der Waals surface area contributed by atoms with Crippen LogP contribution in [0.25, 0.3) is 0 Å². The summed E-state index contributed by atoms with van der Waals surface area (Å²) in [4.78, 5) is 11.2. The molecule has 0 atom stereocenters. The molecule has 4 nitrogen and oxygen atoms in total. The molecule has 86 valence electrons. The second-order valence-corrected chi connectivity index (χ2v) is 4.47. The fourth-order valence-electron chi connectivity index (χ4n) is 1.08. The van der Waals surface area contributed by atoms with Crippen LogP contribution in [0.1, 0.15) is 12.0 Å². The highest BCUT2D eigenvalue weighted by molar-refractivity contribution is 14.1. The molecule has 1 aromatic carbocycles. The topological polar surface area (TPSA) is 76.7 Å². The third kappa shape index (κ3) is 3.05. The van der Waals surface area contributed by atoms with E-state index in [1.54, 1.807) is 12.1 Å². The van der Waals surface area contributed by atoms with Crippen molar-refractivity contribution in [1.82, 2.24) is 0 Å². The number of carbonyl (C=O) groups excluding carboxylic acids is 1. The number of anilines is 1. The summed E-state index contributed by atoms with van der Waals surface area (Å²) in [5.74, 6) is -1.49. The van der Waals surface area contributed by atoms with Crippen LogP contribution in [0.3, 0.4) is 0 Å². The third-order valence-electron chi connectivity index (χ3n) is 1.79. The van der Waals surface area contributed by atoms with Gasteiger partial charge in [-0.2, -0.15) is 10.5 Å². The number of carbonyl (C=O) groups is 1. The number of nitrogens with one attached hydrogen (secondary N) is 1. The Morgan fingerprint density at radius 2 is 2.24 bits per heavy atom. The number of rotatable bonds is 2. The predicted octanol–water partition coefficient (Wildman–Crippen LogP) is 2.81. The first-order valence-corrected chi connectivity index (χ1v) is 5.71. The number of amides is 1. The third-order valence-corrected chi connectivity index (χ3v) is 2.91. The summed E-state index contributed by atoms with van der Waals surface area (Å²) in [5.41, 5.74) is -0.302. The second kappa shape index (κ2) is 5.80. The van der Waals surface area contributed by atoms with Crippen LogP contribution in [0.15, 0.2) is 6.07 Å². The Kier molecular flexibility index (Phi) is 4.67. The maximum absolute atomic E-state index is 13.5. The van der Waals surface area contributed by atoms with E-state index in [2.05, 4.69) is 5.32 Å². The lowest BCUT2D eigenvalue weighted by molar-refractivity contribution is -0.115. The van der Waals surface area contributed by atoms with Crippen LogP contribution in [-0.2, 0) is 4.79 Å². The van der Waals surface area contributed by atoms with Crippen molar-refractivity contribution in [3.8, 4) is 12.1 Å². The lowest BCUT2D eigenvalue weighted by Crippen LogP contribution is -2.13. The highest BCUT2D eigenvalue weighted by atomic mass is 127. The van der Waals surface area contributed by atoms with Crippen LogP contribution in [0.2, 0.25) is 5.02 Å². The van der Waals surface area contributed by atoms with Gasteiger partial charge in [0.1, 0.15) is 18.1 Å². The molecule has 0 unspecified atom stereocenters. The zero-order chi connectivity index (χ0) is 13.0. The van der Waals surface area contributed by atoms with Gasteiger partial charge in [-0.25, -0.2) is 4.39 Å². The zero-order valence-corrected chi connectivity index (χ0v) is 11.1. The van der Waals surface area contributed by atoms with Gasteiger partial charge in [0.05, 0.1) is 16.8 Å². The van der Waals surface area contributed by atoms with E-state index in [1.165, 1.54) is 6.07 Å². The van der Waals surface area contributed by atoms with Gasteiger partial charge in [0.25, 0.3) is 0 Å². The minimum Gasteiger partial charge on any atom is -0.323 e. The highest BCUT2D eigenvalue weighted by Gasteiger charge is 2.17. The van der Waals surface area contributed by atoms with Gasteiger partial charge < -0.3 is 5.32 Å². The van der Waals surface area contributed by atoms with Gasteiger partial charge in [0.2, 0.25) is 5.91 Å². The van der Waals surface area contributed by atoms with Crippen LogP contribution >= 0.6 is 34.2 Å². The number of hydrogen-bond acceptors (Lipinski definition) is 3. The molecule has 0 saturated heterocycles. The lowest BCUT2D eigenvalue weighted by atomic mass is 10.2. The van der Waals surface area contributed by atoms with Gasteiger partial charge in [0, 0.05) is 3.57 Å². The van der Waals surface area contributed by atoms with E-state index in [0.717, 1.165) is 0 Å². The zero-order valence-electron chi connectivity index (χ0n) is 8.22. The summed E-state index contributed by atoms with van der Waals surface area (Å²) in [7, 11) is 0. The van der Waals surface area contributed by atoms with Crippen molar-refractivity contribution in [1.29, 1.82) is 10.5 Å². The molecular formula is C10H4ClFIN3O. The molecule has 0 bridgehead atoms. The van der Waals surface area contributed by atoms with Crippen LogP contribution in [0.4, 0.5) is 10.1 Å². The molecule has 0 saturated carbocycles. The summed E-state index contributed by atoms with van der Waals surface area (Å²) in [6.07, 6.45) is -0.370. The van der Waals surface area contributed by atoms with Crippen molar-refractivity contribution in [2.75, 3.05) is 5.32 Å². The smallest absolute Gasteiger partial charge is 0.238 e. The summed E-state index contributed by atoms with van der Waals surface area (Å²) in [5, 5.41) is 19.3. The van der Waals surface area contributed by atoms with Crippen molar-refractivity contribution in [2.45, 2.75) is 6.42 Å². The van der Waals surface area contributed by atoms with Crippen molar-refractivity contribution in [3.63, 3.8) is 0 Å². The van der Waals surface area contributed by atoms with Gasteiger partial charge in [-0.3, -0.25) is 4.79 Å². The maximum Gasteiger partial charge on any atom is 0.238 e. The Bertz CT molecular complexity index is 562. The first kappa shape index (κ1) is 13.7. The predicted molar refractivity (Wildman–Crippen MR) is 67.7 cm³/mol. The van der Waals surface area contributed by atoms with Gasteiger partial charge >= 0.3 is 0 Å². The van der Waals surface area contributed by atoms with E-state index in [-0.39, 0.29) is 22.7 Å². The summed E-state index contributed by atoms with van der Waals surface area (Å²) in [6, 6.07) is 4.58. The van der Waals surface area contributed by atoms with E-state index < -0.39 is 11.7 Å². The van der Waals surface area contributed by atoms with Crippen molar-refractivity contribution < 1.29 is 9.18 Å². The van der Waals surface area contributed by atoms with Gasteiger partial charge in [-0.05, 0) is 28.7 Å². The molecule has 1 amide bonds. The number of halogens is 3. The van der Waals surface area contributed by atoms with Crippen LogP contribution in [0.5, 0.6) is 0 Å². The Balaban J connectivity index is 3.25. The fraction of sp³-hybridized carbons (Fsp3) is 0.100. The molecule has 0 aliphatic rings. The average Bonchev–Trinajstić information content (AvgIpc) is 2.27. The molecule has 1 rings (SSSR count). The molecule has 1 N–H and O–H groups in total. The number of nitrogens with zero attached hydrogens (tertiary/aromatic N) is 2. The van der Waals surface area contributed by atoms with Crippen LogP contribution < -0.4 is 5.32 Å². The van der Waals surface area contributed by atoms with Crippen molar-refractivity contribution in [3.05, 3.63) is 26.0 Å². The Hall–Kier alpha value is -1.38. The molecule has 17 heavy (non-hydrogen) atoms. The molecule has 0 fully saturated rings. The van der Waals surface area contributed by atoms with Gasteiger partial charge in [-0.1, -0.05) is 11.6 Å². The number of hydrogen-bond donors (Lipinski definition) is 1. The van der Waals surface area contributed by atoms with Crippen LogP contribution in [0, 0.1) is 32.0 Å². The summed E-state index contributed by atoms with van der Waals surface area (Å²) in [6.45, 7) is 0. The molecule has 0 spiro atoms. The SMILES string of the molecule is N#CCC(=O)Nc1c(I)cc(Cl)c(F)c1C#N. The largest absolute Gasteiger partial charge is 0.323 e. The monoisotopic (exact) mass is 363 g/mol. The number of nitriles is 2. The first-order valence-electron chi connectivity index (χ1n) is 4.25. The van der Waals surface area contributed by atoms with Gasteiger partial charge in [0.15, 0.2) is 5.82 Å². The standard InChI is InChI=1S/C10H4ClFIN3O/c11-6-3-7(13)10(5(4-15)9(6)12)16-8(17)1-2-14/h3H,1H2,(H,16,17). The van der Waals surface area contributed by atoms with Gasteiger partial charge in [-0.15, -0.1) is 0 Å². The summed E-state index contributed by atoms with van der Waals surface area (Å²) < 4.78 is 13.9. The Labute approximate surface area is 115 Å². The molecule has 0 aromatic heterocycles. The summed E-state index contributed by atoms with van der Waals surface area (Å²) >= 11 is 7.39. The highest BCUT2D eigenvalue weighted by Crippen LogP contribution is 2.30. The van der Waals surface area contributed by atoms with E-state index in [4.69, 9.17) is 22.1 Å². The van der Waals surface area contributed by atoms with E-state index >= 15 is 0 Å². The normalized spacial score (nSPS) is 9.24. The Morgan fingerprint density at radius 3 is 2.76 bits per heavy atom. The lowest BCUT2D eigenvalue weighted by Gasteiger charge is -2.09. The second-order valence-electron chi connectivity index (χ2n) is 2.90. The average molecular weight is 364 g/mol. The van der Waals surface area contributed by atoms with Crippen LogP contribution in [-0.4, -0.2) is 5.91 Å². The Morgan fingerprint density at radius 1 is 1.59 bits per heavy atom. The molecule has 1 aromatic rings. The maximum atomic E-state index is 13.5. The first-order chi connectivity index (χ1) is 8.01. The molecule has 0 heterocycles. The molecule has 7 heteroatoms. The van der Waals surface area contributed by atoms with Crippen molar-refractivity contribution >= 4 is 45.8 Å².